The van der Waals surface area contributed by atoms with E-state index in [0.29, 0.717) is 30.4 Å². The number of H-pyrrole nitrogens is 1. The number of nitrogens with one attached hydrogen (secondary N) is 2. The van der Waals surface area contributed by atoms with Gasteiger partial charge in [0.05, 0.1) is 17.8 Å². The number of aromatic amines is 1. The van der Waals surface area contributed by atoms with E-state index in [1.165, 1.54) is 0 Å². The fourth-order valence-electron chi connectivity index (χ4n) is 3.85. The van der Waals surface area contributed by atoms with Crippen molar-refractivity contribution in [3.8, 4) is 0 Å². The molecule has 6 nitrogen and oxygen atoms in total. The number of hydrogen-bond acceptors (Lipinski definition) is 5. The zero-order valence-electron chi connectivity index (χ0n) is 15.3. The number of fused-ring (bicyclic) bond motifs is 2. The summed E-state index contributed by atoms with van der Waals surface area (Å²) in [5, 5.41) is 15.9. The van der Waals surface area contributed by atoms with Gasteiger partial charge in [0.2, 0.25) is 0 Å². The molecule has 0 saturated heterocycles. The highest BCUT2D eigenvalue weighted by atomic mass is 35.5. The molecular weight excluding hydrogens is 396 g/mol. The molecule has 1 aliphatic heterocycles. The van der Waals surface area contributed by atoms with Gasteiger partial charge in [0.25, 0.3) is 5.91 Å². The van der Waals surface area contributed by atoms with E-state index < -0.39 is 5.60 Å². The van der Waals surface area contributed by atoms with E-state index in [0.717, 1.165) is 52.3 Å². The molecule has 28 heavy (non-hydrogen) atoms. The second kappa shape index (κ2) is 6.76. The zero-order valence-corrected chi connectivity index (χ0v) is 16.9. The lowest BCUT2D eigenvalue weighted by atomic mass is 9.80. The number of nitrogens with zero attached hydrogens (tertiary/aromatic N) is 2. The van der Waals surface area contributed by atoms with E-state index in [1.54, 1.807) is 11.3 Å². The molecule has 5 rings (SSSR count). The molecule has 0 atom stereocenters. The Kier molecular flexibility index (Phi) is 4.34. The third kappa shape index (κ3) is 3.17. The summed E-state index contributed by atoms with van der Waals surface area (Å²) in [7, 11) is 0. The fourth-order valence-corrected chi connectivity index (χ4v) is 5.10. The van der Waals surface area contributed by atoms with E-state index in [-0.39, 0.29) is 5.91 Å². The van der Waals surface area contributed by atoms with Crippen molar-refractivity contribution in [1.82, 2.24) is 14.9 Å². The molecule has 8 heteroatoms. The predicted octanol–water partition coefficient (Wildman–Crippen LogP) is 3.80. The largest absolute Gasteiger partial charge is 0.388 e. The molecule has 146 valence electrons. The number of halogens is 1. The molecular formula is C20H21ClN4O2S. The molecule has 2 aliphatic rings. The minimum atomic E-state index is -0.578. The molecule has 2 aromatic heterocycles. The highest BCUT2D eigenvalue weighted by Gasteiger charge is 2.34. The van der Waals surface area contributed by atoms with E-state index in [4.69, 9.17) is 11.6 Å². The van der Waals surface area contributed by atoms with Gasteiger partial charge >= 0.3 is 0 Å². The number of thiazole rings is 1. The first-order valence-corrected chi connectivity index (χ1v) is 10.7. The number of rotatable bonds is 4. The van der Waals surface area contributed by atoms with Gasteiger partial charge in [-0.15, -0.1) is 0 Å². The van der Waals surface area contributed by atoms with Gasteiger partial charge in [0.1, 0.15) is 5.69 Å². The number of benzene rings is 1. The topological polar surface area (TPSA) is 81.2 Å². The van der Waals surface area contributed by atoms with Gasteiger partial charge in [0, 0.05) is 40.3 Å². The first-order chi connectivity index (χ1) is 13.5. The van der Waals surface area contributed by atoms with Crippen molar-refractivity contribution in [2.75, 3.05) is 18.4 Å². The van der Waals surface area contributed by atoms with Crippen LogP contribution in [0.2, 0.25) is 5.02 Å². The van der Waals surface area contributed by atoms with Crippen molar-refractivity contribution in [3.63, 3.8) is 0 Å². The maximum absolute atomic E-state index is 13.0. The van der Waals surface area contributed by atoms with Crippen molar-refractivity contribution in [2.45, 2.75) is 37.8 Å². The Morgan fingerprint density at radius 1 is 1.43 bits per heavy atom. The van der Waals surface area contributed by atoms with Crippen LogP contribution in [0.4, 0.5) is 5.13 Å². The van der Waals surface area contributed by atoms with Crippen LogP contribution >= 0.6 is 22.9 Å². The molecule has 1 amide bonds. The summed E-state index contributed by atoms with van der Waals surface area (Å²) in [6.07, 6.45) is 3.52. The maximum Gasteiger partial charge on any atom is 0.270 e. The van der Waals surface area contributed by atoms with Crippen LogP contribution in [0.1, 0.15) is 40.3 Å². The predicted molar refractivity (Wildman–Crippen MR) is 111 cm³/mol. The molecule has 1 aromatic carbocycles. The minimum Gasteiger partial charge on any atom is -0.388 e. The standard InChI is InChI=1S/C20H21ClN4O2S/c21-13-3-1-4-14-12(13)9-16(23-14)18(26)25-8-5-15-17(10-25)28-19(24-15)22-11-20(27)6-2-7-20/h1,3-4,9,23,27H,2,5-8,10-11H2,(H,22,24). The molecule has 0 radical (unpaired) electrons. The molecule has 0 unspecified atom stereocenters. The normalized spacial score (nSPS) is 18.0. The van der Waals surface area contributed by atoms with Gasteiger partial charge in [0.15, 0.2) is 5.13 Å². The second-order valence-electron chi connectivity index (χ2n) is 7.68. The van der Waals surface area contributed by atoms with Crippen LogP contribution in [0.5, 0.6) is 0 Å². The average Bonchev–Trinajstić information content (AvgIpc) is 3.28. The number of carbonyl (C=O) groups excluding carboxylic acids is 1. The van der Waals surface area contributed by atoms with Crippen molar-refractivity contribution in [2.24, 2.45) is 0 Å². The summed E-state index contributed by atoms with van der Waals surface area (Å²) < 4.78 is 0. The molecule has 3 N–H and O–H groups in total. The van der Waals surface area contributed by atoms with Crippen LogP contribution < -0.4 is 5.32 Å². The molecule has 1 fully saturated rings. The smallest absolute Gasteiger partial charge is 0.270 e. The quantitative estimate of drug-likeness (QED) is 0.604. The van der Waals surface area contributed by atoms with Gasteiger partial charge in [-0.3, -0.25) is 4.79 Å². The minimum absolute atomic E-state index is 0.0235. The van der Waals surface area contributed by atoms with Gasteiger partial charge in [-0.2, -0.15) is 0 Å². The zero-order chi connectivity index (χ0) is 19.3. The van der Waals surface area contributed by atoms with Gasteiger partial charge in [-0.1, -0.05) is 29.0 Å². The molecule has 3 aromatic rings. The van der Waals surface area contributed by atoms with Crippen LogP contribution in [0.25, 0.3) is 10.9 Å². The molecule has 1 aliphatic carbocycles. The fraction of sp³-hybridized carbons (Fsp3) is 0.400. The van der Waals surface area contributed by atoms with Crippen LogP contribution in [-0.2, 0) is 13.0 Å². The Hall–Kier alpha value is -2.09. The van der Waals surface area contributed by atoms with Gasteiger partial charge < -0.3 is 20.3 Å². The summed E-state index contributed by atoms with van der Waals surface area (Å²) in [5.41, 5.74) is 1.90. The summed E-state index contributed by atoms with van der Waals surface area (Å²) in [4.78, 5) is 23.8. The number of carbonyl (C=O) groups is 1. The molecule has 0 spiro atoms. The SMILES string of the molecule is O=C(c1cc2c(Cl)cccc2[nH]1)N1CCc2nc(NCC3(O)CCC3)sc2C1. The lowest BCUT2D eigenvalue weighted by molar-refractivity contribution is -0.0202. The molecule has 0 bridgehead atoms. The number of amides is 1. The van der Waals surface area contributed by atoms with Gasteiger partial charge in [-0.25, -0.2) is 4.98 Å². The Balaban J connectivity index is 1.30. The van der Waals surface area contributed by atoms with Crippen molar-refractivity contribution < 1.29 is 9.90 Å². The molecule has 3 heterocycles. The summed E-state index contributed by atoms with van der Waals surface area (Å²) in [6, 6.07) is 7.44. The Labute approximate surface area is 171 Å². The van der Waals surface area contributed by atoms with Crippen molar-refractivity contribution in [3.05, 3.63) is 45.6 Å². The highest BCUT2D eigenvalue weighted by molar-refractivity contribution is 7.15. The van der Waals surface area contributed by atoms with E-state index >= 15 is 0 Å². The van der Waals surface area contributed by atoms with E-state index in [2.05, 4.69) is 15.3 Å². The van der Waals surface area contributed by atoms with Crippen molar-refractivity contribution in [1.29, 1.82) is 0 Å². The lowest BCUT2D eigenvalue weighted by Crippen LogP contribution is -2.43. The van der Waals surface area contributed by atoms with Crippen LogP contribution in [0.3, 0.4) is 0 Å². The second-order valence-corrected chi connectivity index (χ2v) is 9.17. The summed E-state index contributed by atoms with van der Waals surface area (Å²) in [6.45, 7) is 1.74. The first-order valence-electron chi connectivity index (χ1n) is 9.52. The van der Waals surface area contributed by atoms with E-state index in [9.17, 15) is 9.90 Å². The Morgan fingerprint density at radius 3 is 3.04 bits per heavy atom. The first kappa shape index (κ1) is 18.0. The van der Waals surface area contributed by atoms with Gasteiger partial charge in [-0.05, 0) is 37.5 Å². The number of aliphatic hydroxyl groups is 1. The Bertz CT molecular complexity index is 1060. The maximum atomic E-state index is 13.0. The lowest BCUT2D eigenvalue weighted by Gasteiger charge is -2.36. The molecule has 1 saturated carbocycles. The third-order valence-corrected chi connectivity index (χ3v) is 7.08. The average molecular weight is 417 g/mol. The number of aromatic nitrogens is 2. The van der Waals surface area contributed by atoms with E-state index in [1.807, 2.05) is 29.2 Å². The summed E-state index contributed by atoms with van der Waals surface area (Å²) in [5.74, 6) is -0.0235. The third-order valence-electron chi connectivity index (χ3n) is 5.71. The van der Waals surface area contributed by atoms with Crippen LogP contribution in [0.15, 0.2) is 24.3 Å². The Morgan fingerprint density at radius 2 is 2.29 bits per heavy atom. The number of hydrogen-bond donors (Lipinski definition) is 3. The number of anilines is 1. The van der Waals surface area contributed by atoms with Crippen LogP contribution in [0, 0.1) is 0 Å². The monoisotopic (exact) mass is 416 g/mol. The van der Waals surface area contributed by atoms with Crippen LogP contribution in [-0.4, -0.2) is 44.6 Å². The highest BCUT2D eigenvalue weighted by Crippen LogP contribution is 2.34. The van der Waals surface area contributed by atoms with Crippen molar-refractivity contribution >= 4 is 44.9 Å². The summed E-state index contributed by atoms with van der Waals surface area (Å²) >= 11 is 7.81.